The average Bonchev–Trinajstić information content (AvgIpc) is 2.63. The predicted molar refractivity (Wildman–Crippen MR) is 108 cm³/mol. The van der Waals surface area contributed by atoms with Crippen LogP contribution < -0.4 is 0 Å². The molecule has 0 aromatic carbocycles. The number of rotatable bonds is 6. The van der Waals surface area contributed by atoms with Crippen LogP contribution in [0.15, 0.2) is 0 Å². The van der Waals surface area contributed by atoms with Gasteiger partial charge in [0.05, 0.1) is 5.60 Å². The van der Waals surface area contributed by atoms with Crippen molar-refractivity contribution in [3.63, 3.8) is 0 Å². The normalized spacial score (nSPS) is 43.4. The van der Waals surface area contributed by atoms with Gasteiger partial charge in [-0.3, -0.25) is 14.4 Å². The Bertz CT molecular complexity index is 683. The fourth-order valence-corrected chi connectivity index (χ4v) is 6.63. The van der Waals surface area contributed by atoms with Crippen LogP contribution in [-0.4, -0.2) is 54.7 Å². The van der Waals surface area contributed by atoms with Crippen LogP contribution in [0, 0.1) is 23.7 Å². The van der Waals surface area contributed by atoms with Crippen LogP contribution in [0.5, 0.6) is 0 Å². The van der Waals surface area contributed by atoms with Gasteiger partial charge in [0.1, 0.15) is 18.8 Å². The first-order valence-electron chi connectivity index (χ1n) is 11.4. The third kappa shape index (κ3) is 4.90. The third-order valence-corrected chi connectivity index (χ3v) is 7.35. The molecule has 31 heavy (non-hydrogen) atoms. The first-order chi connectivity index (χ1) is 14.6. The monoisotopic (exact) mass is 438 g/mol. The molecular weight excluding hydrogens is 404 g/mol. The van der Waals surface area contributed by atoms with Crippen molar-refractivity contribution in [1.82, 2.24) is 0 Å². The molecule has 0 amide bonds. The lowest BCUT2D eigenvalue weighted by molar-refractivity contribution is -0.330. The molecular formula is C23H34O8. The largest absolute Gasteiger partial charge is 0.463 e. The van der Waals surface area contributed by atoms with Gasteiger partial charge in [0.15, 0.2) is 12.4 Å². The number of carbonyl (C=O) groups excluding carboxylic acids is 3. The molecule has 4 saturated carbocycles. The van der Waals surface area contributed by atoms with E-state index in [2.05, 4.69) is 0 Å². The van der Waals surface area contributed by atoms with Gasteiger partial charge in [-0.2, -0.15) is 0 Å². The highest BCUT2D eigenvalue weighted by Crippen LogP contribution is 2.58. The number of carbonyl (C=O) groups is 3. The molecule has 1 heterocycles. The molecule has 8 nitrogen and oxygen atoms in total. The van der Waals surface area contributed by atoms with Gasteiger partial charge < -0.3 is 23.7 Å². The molecule has 8 heteroatoms. The molecule has 5 fully saturated rings. The summed E-state index contributed by atoms with van der Waals surface area (Å²) >= 11 is 0. The Morgan fingerprint density at radius 2 is 1.35 bits per heavy atom. The minimum Gasteiger partial charge on any atom is -0.463 e. The maximum absolute atomic E-state index is 11.8. The second-order valence-electron chi connectivity index (χ2n) is 10.1. The van der Waals surface area contributed by atoms with E-state index in [1.165, 1.54) is 40.0 Å². The van der Waals surface area contributed by atoms with Crippen molar-refractivity contribution in [3.8, 4) is 0 Å². The van der Waals surface area contributed by atoms with Gasteiger partial charge in [-0.05, 0) is 56.3 Å². The number of hydrogen-bond donors (Lipinski definition) is 0. The zero-order valence-electron chi connectivity index (χ0n) is 18.8. The SMILES string of the molecule is CC(=O)OCC1O[C@@H](OC23CC4CC(CC(C4)C2)C3)C(C)[C@@H](OC(C)=O)[C@@H]1OC(C)=O. The molecule has 174 valence electrons. The van der Waals surface area contributed by atoms with Crippen LogP contribution in [0.3, 0.4) is 0 Å². The summed E-state index contributed by atoms with van der Waals surface area (Å²) in [6.45, 7) is 5.69. The summed E-state index contributed by atoms with van der Waals surface area (Å²) in [5.41, 5.74) is -0.214. The lowest BCUT2D eigenvalue weighted by atomic mass is 9.54. The minimum atomic E-state index is -0.882. The molecule has 1 aliphatic heterocycles. The lowest BCUT2D eigenvalue weighted by Gasteiger charge is -2.58. The fourth-order valence-electron chi connectivity index (χ4n) is 6.63. The van der Waals surface area contributed by atoms with Gasteiger partial charge in [-0.15, -0.1) is 0 Å². The molecule has 0 N–H and O–H groups in total. The third-order valence-electron chi connectivity index (χ3n) is 7.35. The van der Waals surface area contributed by atoms with Gasteiger partial charge in [0.25, 0.3) is 0 Å². The van der Waals surface area contributed by atoms with E-state index in [1.807, 2.05) is 6.92 Å². The molecule has 2 unspecified atom stereocenters. The molecule has 0 aromatic heterocycles. The number of esters is 3. The van der Waals surface area contributed by atoms with Crippen LogP contribution in [0.1, 0.15) is 66.2 Å². The van der Waals surface area contributed by atoms with Gasteiger partial charge in [-0.1, -0.05) is 6.92 Å². The van der Waals surface area contributed by atoms with Crippen molar-refractivity contribution in [1.29, 1.82) is 0 Å². The van der Waals surface area contributed by atoms with Crippen LogP contribution in [-0.2, 0) is 38.1 Å². The zero-order chi connectivity index (χ0) is 22.3. The van der Waals surface area contributed by atoms with Crippen molar-refractivity contribution in [2.75, 3.05) is 6.61 Å². The van der Waals surface area contributed by atoms with E-state index in [-0.39, 0.29) is 18.1 Å². The molecule has 5 rings (SSSR count). The van der Waals surface area contributed by atoms with E-state index in [0.717, 1.165) is 19.3 Å². The summed E-state index contributed by atoms with van der Waals surface area (Å²) in [7, 11) is 0. The van der Waals surface area contributed by atoms with Crippen molar-refractivity contribution in [3.05, 3.63) is 0 Å². The summed E-state index contributed by atoms with van der Waals surface area (Å²) in [6, 6.07) is 0. The Labute approximate surface area is 183 Å². The topological polar surface area (TPSA) is 97.4 Å². The van der Waals surface area contributed by atoms with Gasteiger partial charge in [0.2, 0.25) is 0 Å². The van der Waals surface area contributed by atoms with E-state index in [0.29, 0.717) is 17.8 Å². The zero-order valence-corrected chi connectivity index (χ0v) is 18.8. The van der Waals surface area contributed by atoms with Gasteiger partial charge in [0, 0.05) is 26.7 Å². The standard InChI is InChI=1S/C23H34O8/c1-12-20(28-14(3)25)21(29-15(4)26)19(11-27-13(2)24)30-22(12)31-23-8-16-5-17(9-23)7-18(6-16)10-23/h12,16-22H,5-11H2,1-4H3/t12?,16?,17?,18?,19?,20-,21-,22+,23?/m1/s1. The highest BCUT2D eigenvalue weighted by atomic mass is 16.7. The fraction of sp³-hybridized carbons (Fsp3) is 0.870. The summed E-state index contributed by atoms with van der Waals surface area (Å²) in [4.78, 5) is 35.0. The van der Waals surface area contributed by atoms with Gasteiger partial charge in [-0.25, -0.2) is 0 Å². The van der Waals surface area contributed by atoms with Crippen molar-refractivity contribution in [2.24, 2.45) is 23.7 Å². The summed E-state index contributed by atoms with van der Waals surface area (Å²) in [6.07, 6.45) is 3.92. The lowest BCUT2D eigenvalue weighted by Crippen LogP contribution is -2.61. The van der Waals surface area contributed by atoms with Gasteiger partial charge >= 0.3 is 17.9 Å². The van der Waals surface area contributed by atoms with Crippen LogP contribution in [0.2, 0.25) is 0 Å². The highest BCUT2D eigenvalue weighted by Gasteiger charge is 2.56. The average molecular weight is 439 g/mol. The summed E-state index contributed by atoms with van der Waals surface area (Å²) < 4.78 is 29.2. The van der Waals surface area contributed by atoms with E-state index < -0.39 is 42.5 Å². The second kappa shape index (κ2) is 8.70. The molecule has 5 aliphatic rings. The maximum atomic E-state index is 11.8. The van der Waals surface area contributed by atoms with Crippen molar-refractivity contribution >= 4 is 17.9 Å². The molecule has 0 spiro atoms. The Morgan fingerprint density at radius 1 is 0.839 bits per heavy atom. The number of ether oxygens (including phenoxy) is 5. The van der Waals surface area contributed by atoms with Crippen LogP contribution >= 0.6 is 0 Å². The Hall–Kier alpha value is -1.67. The highest BCUT2D eigenvalue weighted by molar-refractivity contribution is 5.67. The molecule has 0 radical (unpaired) electrons. The van der Waals surface area contributed by atoms with Crippen molar-refractivity contribution < 1.29 is 38.1 Å². The first-order valence-corrected chi connectivity index (χ1v) is 11.4. The smallest absolute Gasteiger partial charge is 0.303 e. The quantitative estimate of drug-likeness (QED) is 0.461. The van der Waals surface area contributed by atoms with Crippen molar-refractivity contribution in [2.45, 2.75) is 96.4 Å². The maximum Gasteiger partial charge on any atom is 0.303 e. The first kappa shape index (κ1) is 22.5. The minimum absolute atomic E-state index is 0.113. The Balaban J connectivity index is 1.56. The van der Waals surface area contributed by atoms with E-state index in [4.69, 9.17) is 23.7 Å². The number of hydrogen-bond acceptors (Lipinski definition) is 8. The second-order valence-corrected chi connectivity index (χ2v) is 10.1. The van der Waals surface area contributed by atoms with E-state index in [1.54, 1.807) is 0 Å². The molecule has 5 atom stereocenters. The Kier molecular flexibility index (Phi) is 6.32. The molecule has 4 bridgehead atoms. The van der Waals surface area contributed by atoms with E-state index in [9.17, 15) is 14.4 Å². The van der Waals surface area contributed by atoms with Crippen LogP contribution in [0.25, 0.3) is 0 Å². The van der Waals surface area contributed by atoms with E-state index >= 15 is 0 Å². The Morgan fingerprint density at radius 3 is 1.84 bits per heavy atom. The molecule has 1 saturated heterocycles. The van der Waals surface area contributed by atoms with Crippen LogP contribution in [0.4, 0.5) is 0 Å². The molecule has 0 aromatic rings. The predicted octanol–water partition coefficient (Wildman–Crippen LogP) is 2.76. The molecule has 4 aliphatic carbocycles. The summed E-state index contributed by atoms with van der Waals surface area (Å²) in [5.74, 6) is 0.309. The summed E-state index contributed by atoms with van der Waals surface area (Å²) in [5, 5.41) is 0.